The Morgan fingerprint density at radius 1 is 0.973 bits per heavy atom. The second-order valence-electron chi connectivity index (χ2n) is 8.70. The summed E-state index contributed by atoms with van der Waals surface area (Å²) < 4.78 is 28.7. The van der Waals surface area contributed by atoms with Crippen molar-refractivity contribution in [1.82, 2.24) is 4.98 Å². The summed E-state index contributed by atoms with van der Waals surface area (Å²) >= 11 is 6.10. The molecule has 1 aliphatic rings. The number of nitrogens with one attached hydrogen (secondary N) is 1. The summed E-state index contributed by atoms with van der Waals surface area (Å²) in [6.07, 6.45) is 2.82. The van der Waals surface area contributed by atoms with Crippen LogP contribution in [0.5, 0.6) is 11.5 Å². The molecule has 0 radical (unpaired) electrons. The van der Waals surface area contributed by atoms with Crippen LogP contribution in [0.15, 0.2) is 96.2 Å². The molecule has 0 amide bonds. The van der Waals surface area contributed by atoms with Gasteiger partial charge in [-0.15, -0.1) is 0 Å². The van der Waals surface area contributed by atoms with Crippen molar-refractivity contribution < 1.29 is 13.2 Å². The molecular formula is C28H25ClN4O3S. The minimum Gasteiger partial charge on any atom is -0.457 e. The number of hydrazone groups is 1. The van der Waals surface area contributed by atoms with E-state index in [9.17, 15) is 8.42 Å². The number of ether oxygens (including phenoxy) is 1. The molecule has 37 heavy (non-hydrogen) atoms. The molecule has 0 saturated heterocycles. The molecule has 0 fully saturated rings. The molecule has 1 aromatic heterocycles. The monoisotopic (exact) mass is 532 g/mol. The molecule has 0 saturated carbocycles. The third kappa shape index (κ3) is 6.28. The predicted molar refractivity (Wildman–Crippen MR) is 149 cm³/mol. The number of halogens is 1. The van der Waals surface area contributed by atoms with Crippen molar-refractivity contribution in [3.05, 3.63) is 113 Å². The van der Waals surface area contributed by atoms with Crippen LogP contribution in [0.1, 0.15) is 16.7 Å². The molecule has 2 heterocycles. The molecule has 3 aromatic carbocycles. The maximum atomic E-state index is 11.3. The Hall–Kier alpha value is -3.88. The van der Waals surface area contributed by atoms with Gasteiger partial charge in [-0.3, -0.25) is 5.01 Å². The molecule has 0 atom stereocenters. The lowest BCUT2D eigenvalue weighted by atomic mass is 9.96. The number of hydrogen-bond donors (Lipinski definition) is 1. The highest BCUT2D eigenvalue weighted by molar-refractivity contribution is 7.90. The van der Waals surface area contributed by atoms with Crippen LogP contribution in [0.3, 0.4) is 0 Å². The predicted octanol–water partition coefficient (Wildman–Crippen LogP) is 5.76. The second kappa shape index (κ2) is 10.6. The van der Waals surface area contributed by atoms with Crippen LogP contribution in [-0.2, 0) is 16.4 Å². The van der Waals surface area contributed by atoms with Crippen molar-refractivity contribution in [3.63, 3.8) is 0 Å². The van der Waals surface area contributed by atoms with Crippen molar-refractivity contribution in [2.45, 2.75) is 6.54 Å². The van der Waals surface area contributed by atoms with Gasteiger partial charge in [0.2, 0.25) is 0 Å². The van der Waals surface area contributed by atoms with Gasteiger partial charge in [-0.1, -0.05) is 48.0 Å². The Labute approximate surface area is 221 Å². The molecule has 5 rings (SSSR count). The number of anilines is 2. The summed E-state index contributed by atoms with van der Waals surface area (Å²) in [4.78, 5) is 4.22. The third-order valence-electron chi connectivity index (χ3n) is 5.81. The molecule has 9 heteroatoms. The molecule has 0 unspecified atom stereocenters. The van der Waals surface area contributed by atoms with Gasteiger partial charge in [-0.2, -0.15) is 5.10 Å². The minimum atomic E-state index is -3.04. The first-order valence-electron chi connectivity index (χ1n) is 11.7. The molecule has 188 valence electrons. The van der Waals surface area contributed by atoms with Crippen LogP contribution in [-0.4, -0.2) is 37.7 Å². The van der Waals surface area contributed by atoms with E-state index in [4.69, 9.17) is 21.4 Å². The van der Waals surface area contributed by atoms with Crippen LogP contribution in [0.25, 0.3) is 0 Å². The number of hydrogen-bond acceptors (Lipinski definition) is 7. The fourth-order valence-electron chi connectivity index (χ4n) is 3.99. The molecule has 1 N–H and O–H groups in total. The summed E-state index contributed by atoms with van der Waals surface area (Å²) in [5, 5.41) is 10.6. The van der Waals surface area contributed by atoms with Gasteiger partial charge in [0.1, 0.15) is 27.2 Å². The van der Waals surface area contributed by atoms with Gasteiger partial charge in [0.25, 0.3) is 0 Å². The molecule has 4 aromatic rings. The second-order valence-corrected chi connectivity index (χ2v) is 11.4. The molecule has 0 bridgehead atoms. The highest BCUT2D eigenvalue weighted by Gasteiger charge is 2.21. The zero-order valence-electron chi connectivity index (χ0n) is 20.1. The van der Waals surface area contributed by atoms with E-state index in [0.29, 0.717) is 28.9 Å². The highest BCUT2D eigenvalue weighted by Crippen LogP contribution is 2.30. The van der Waals surface area contributed by atoms with Crippen LogP contribution in [0.4, 0.5) is 11.5 Å². The fourth-order valence-corrected chi connectivity index (χ4v) is 4.59. The fraction of sp³-hybridized carbons (Fsp3) is 0.143. The number of rotatable bonds is 8. The van der Waals surface area contributed by atoms with Gasteiger partial charge in [-0.25, -0.2) is 13.4 Å². The van der Waals surface area contributed by atoms with Gasteiger partial charge in [-0.05, 0) is 48.0 Å². The topological polar surface area (TPSA) is 83.9 Å². The smallest absolute Gasteiger partial charge is 0.149 e. The van der Waals surface area contributed by atoms with E-state index >= 15 is 0 Å². The van der Waals surface area contributed by atoms with Gasteiger partial charge in [0.05, 0.1) is 23.7 Å². The van der Waals surface area contributed by atoms with Crippen LogP contribution in [0.2, 0.25) is 5.02 Å². The lowest BCUT2D eigenvalue weighted by molar-refractivity contribution is 0.482. The van der Waals surface area contributed by atoms with E-state index in [1.54, 1.807) is 18.3 Å². The average molecular weight is 533 g/mol. The Balaban J connectivity index is 1.33. The number of benzene rings is 3. The van der Waals surface area contributed by atoms with E-state index < -0.39 is 9.84 Å². The summed E-state index contributed by atoms with van der Waals surface area (Å²) in [6.45, 7) is 0.932. The first kappa shape index (κ1) is 24.8. The normalized spacial score (nSPS) is 13.0. The van der Waals surface area contributed by atoms with Crippen LogP contribution >= 0.6 is 11.6 Å². The molecule has 1 aliphatic heterocycles. The van der Waals surface area contributed by atoms with Crippen molar-refractivity contribution in [2.24, 2.45) is 5.10 Å². The lowest BCUT2D eigenvalue weighted by Crippen LogP contribution is -2.26. The largest absolute Gasteiger partial charge is 0.457 e. The van der Waals surface area contributed by atoms with Crippen molar-refractivity contribution in [3.8, 4) is 11.5 Å². The Kier molecular flexibility index (Phi) is 7.12. The summed E-state index contributed by atoms with van der Waals surface area (Å²) in [6, 6.07) is 27.2. The lowest BCUT2D eigenvalue weighted by Gasteiger charge is -2.28. The Morgan fingerprint density at radius 2 is 1.73 bits per heavy atom. The minimum absolute atomic E-state index is 0.0322. The van der Waals surface area contributed by atoms with Gasteiger partial charge >= 0.3 is 0 Å². The average Bonchev–Trinajstić information content (AvgIpc) is 2.88. The maximum absolute atomic E-state index is 11.3. The van der Waals surface area contributed by atoms with Crippen LogP contribution in [0, 0.1) is 0 Å². The van der Waals surface area contributed by atoms with E-state index in [0.717, 1.165) is 22.5 Å². The molecule has 0 spiro atoms. The van der Waals surface area contributed by atoms with Crippen molar-refractivity contribution >= 4 is 38.7 Å². The molecule has 7 nitrogen and oxygen atoms in total. The van der Waals surface area contributed by atoms with Gasteiger partial charge in [0.15, 0.2) is 0 Å². The SMILES string of the molecule is CS(=O)(=O)CCNc1cc(Oc2ccc(N3Cc4ccccc4C(c4ccc(Cl)cc4)=N3)cc2)ccn1. The quantitative estimate of drug-likeness (QED) is 0.311. The summed E-state index contributed by atoms with van der Waals surface area (Å²) in [5.41, 5.74) is 5.13. The van der Waals surface area contributed by atoms with Gasteiger partial charge < -0.3 is 10.1 Å². The number of aromatic nitrogens is 1. The van der Waals surface area contributed by atoms with Crippen LogP contribution < -0.4 is 15.1 Å². The summed E-state index contributed by atoms with van der Waals surface area (Å²) in [5.74, 6) is 1.84. The maximum Gasteiger partial charge on any atom is 0.149 e. The van der Waals surface area contributed by atoms with Gasteiger partial charge in [0, 0.05) is 41.2 Å². The van der Waals surface area contributed by atoms with E-state index in [2.05, 4.69) is 22.4 Å². The number of pyridine rings is 1. The van der Waals surface area contributed by atoms with E-state index in [1.165, 1.54) is 11.8 Å². The Morgan fingerprint density at radius 3 is 2.49 bits per heavy atom. The van der Waals surface area contributed by atoms with Crippen molar-refractivity contribution in [2.75, 3.05) is 28.9 Å². The number of fused-ring (bicyclic) bond motifs is 1. The zero-order chi connectivity index (χ0) is 25.8. The van der Waals surface area contributed by atoms with E-state index in [1.807, 2.05) is 65.7 Å². The molecular weight excluding hydrogens is 508 g/mol. The van der Waals surface area contributed by atoms with E-state index in [-0.39, 0.29) is 12.3 Å². The number of nitrogens with zero attached hydrogens (tertiary/aromatic N) is 3. The third-order valence-corrected chi connectivity index (χ3v) is 7.01. The first-order chi connectivity index (χ1) is 17.8. The highest BCUT2D eigenvalue weighted by atomic mass is 35.5. The molecule has 0 aliphatic carbocycles. The standard InChI is InChI=1S/C28H25ClN4O3S/c1-37(34,35)17-16-31-27-18-25(14-15-30-27)36-24-12-10-23(11-13-24)33-19-21-4-2-3-5-26(21)28(32-33)20-6-8-22(29)9-7-20/h2-15,18H,16-17,19H2,1H3,(H,30,31). The summed E-state index contributed by atoms with van der Waals surface area (Å²) in [7, 11) is -3.04. The first-order valence-corrected chi connectivity index (χ1v) is 14.1. The zero-order valence-corrected chi connectivity index (χ0v) is 21.7. The Bertz CT molecular complexity index is 1540. The van der Waals surface area contributed by atoms with Crippen molar-refractivity contribution in [1.29, 1.82) is 0 Å². The number of sulfone groups is 1.